The van der Waals surface area contributed by atoms with Crippen LogP contribution in [0.2, 0.25) is 0 Å². The third-order valence-electron chi connectivity index (χ3n) is 4.02. The highest BCUT2D eigenvalue weighted by atomic mass is 79.9. The Morgan fingerprint density at radius 3 is 2.38 bits per heavy atom. The van der Waals surface area contributed by atoms with E-state index in [1.165, 1.54) is 6.07 Å². The maximum atomic E-state index is 13.2. The number of nitrogens with zero attached hydrogens (tertiary/aromatic N) is 1. The first-order valence-corrected chi connectivity index (χ1v) is 10.0. The first-order valence-electron chi connectivity index (χ1n) is 7.78. The van der Waals surface area contributed by atoms with Crippen LogP contribution in [0.25, 0.3) is 10.8 Å². The van der Waals surface area contributed by atoms with Crippen molar-refractivity contribution >= 4 is 48.4 Å². The van der Waals surface area contributed by atoms with Crippen molar-refractivity contribution in [2.45, 2.75) is 11.8 Å². The van der Waals surface area contributed by atoms with E-state index in [1.807, 2.05) is 31.2 Å². The Morgan fingerprint density at radius 2 is 1.73 bits per heavy atom. The van der Waals surface area contributed by atoms with Crippen LogP contribution in [0.5, 0.6) is 0 Å². The molecule has 0 aliphatic heterocycles. The molecule has 0 aliphatic rings. The molecule has 7 heteroatoms. The van der Waals surface area contributed by atoms with Crippen LogP contribution in [-0.2, 0) is 14.8 Å². The Hall–Kier alpha value is -2.38. The topological polar surface area (TPSA) is 74.7 Å². The van der Waals surface area contributed by atoms with E-state index in [4.69, 9.17) is 0 Å². The number of aliphatic carboxylic acids is 1. The number of halogens is 1. The molecule has 0 saturated heterocycles. The van der Waals surface area contributed by atoms with Crippen LogP contribution in [0.3, 0.4) is 0 Å². The van der Waals surface area contributed by atoms with E-state index >= 15 is 0 Å². The minimum absolute atomic E-state index is 0.0537. The quantitative estimate of drug-likeness (QED) is 0.654. The third kappa shape index (κ3) is 3.59. The minimum Gasteiger partial charge on any atom is -0.480 e. The second kappa shape index (κ2) is 7.09. The van der Waals surface area contributed by atoms with Gasteiger partial charge in [-0.15, -0.1) is 0 Å². The van der Waals surface area contributed by atoms with Gasteiger partial charge in [0.15, 0.2) is 0 Å². The number of fused-ring (bicyclic) bond motifs is 1. The number of aryl methyl sites for hydroxylation is 1. The van der Waals surface area contributed by atoms with Crippen molar-refractivity contribution in [2.24, 2.45) is 0 Å². The van der Waals surface area contributed by atoms with E-state index in [-0.39, 0.29) is 4.90 Å². The van der Waals surface area contributed by atoms with Crippen molar-refractivity contribution in [3.63, 3.8) is 0 Å². The molecule has 3 aromatic rings. The van der Waals surface area contributed by atoms with Gasteiger partial charge in [-0.3, -0.25) is 9.10 Å². The van der Waals surface area contributed by atoms with Crippen LogP contribution in [0.1, 0.15) is 5.56 Å². The lowest BCUT2D eigenvalue weighted by Gasteiger charge is -2.23. The zero-order chi connectivity index (χ0) is 18.9. The maximum Gasteiger partial charge on any atom is 0.324 e. The van der Waals surface area contributed by atoms with Crippen molar-refractivity contribution in [1.29, 1.82) is 0 Å². The van der Waals surface area contributed by atoms with Gasteiger partial charge in [-0.1, -0.05) is 46.3 Å². The van der Waals surface area contributed by atoms with Crippen LogP contribution in [-0.4, -0.2) is 26.0 Å². The summed E-state index contributed by atoms with van der Waals surface area (Å²) in [7, 11) is -4.03. The molecule has 3 aromatic carbocycles. The van der Waals surface area contributed by atoms with E-state index in [2.05, 4.69) is 15.9 Å². The van der Waals surface area contributed by atoms with Crippen LogP contribution < -0.4 is 4.31 Å². The van der Waals surface area contributed by atoms with Gasteiger partial charge in [-0.05, 0) is 53.6 Å². The normalized spacial score (nSPS) is 11.5. The van der Waals surface area contributed by atoms with Gasteiger partial charge in [0, 0.05) is 4.47 Å². The number of carboxylic acids is 1. The van der Waals surface area contributed by atoms with E-state index in [1.54, 1.807) is 30.3 Å². The second-order valence-electron chi connectivity index (χ2n) is 5.85. The monoisotopic (exact) mass is 433 g/mol. The SMILES string of the molecule is Cc1cc(N(CC(=O)O)S(=O)(=O)c2ccc3ccccc3c2)ccc1Br. The van der Waals surface area contributed by atoms with Gasteiger partial charge in [0.2, 0.25) is 0 Å². The lowest BCUT2D eigenvalue weighted by atomic mass is 10.1. The lowest BCUT2D eigenvalue weighted by Crippen LogP contribution is -2.35. The summed E-state index contributed by atoms with van der Waals surface area (Å²) in [4.78, 5) is 11.4. The van der Waals surface area contributed by atoms with Gasteiger partial charge in [-0.2, -0.15) is 0 Å². The second-order valence-corrected chi connectivity index (χ2v) is 8.56. The molecule has 0 aromatic heterocycles. The molecule has 0 saturated carbocycles. The Bertz CT molecular complexity index is 1100. The van der Waals surface area contributed by atoms with E-state index in [0.717, 1.165) is 25.1 Å². The Kier molecular flexibility index (Phi) is 5.02. The zero-order valence-electron chi connectivity index (χ0n) is 13.9. The van der Waals surface area contributed by atoms with Crippen molar-refractivity contribution in [3.05, 3.63) is 70.7 Å². The van der Waals surface area contributed by atoms with Gasteiger partial charge < -0.3 is 5.11 Å². The Balaban J connectivity index is 2.13. The van der Waals surface area contributed by atoms with Gasteiger partial charge >= 0.3 is 5.97 Å². The summed E-state index contributed by atoms with van der Waals surface area (Å²) in [6.45, 7) is 1.16. The average Bonchev–Trinajstić information content (AvgIpc) is 2.61. The fourth-order valence-electron chi connectivity index (χ4n) is 2.68. The Morgan fingerprint density at radius 1 is 1.04 bits per heavy atom. The van der Waals surface area contributed by atoms with Crippen LogP contribution in [0.4, 0.5) is 5.69 Å². The van der Waals surface area contributed by atoms with Crippen LogP contribution >= 0.6 is 15.9 Å². The molecule has 0 bridgehead atoms. The highest BCUT2D eigenvalue weighted by molar-refractivity contribution is 9.10. The smallest absolute Gasteiger partial charge is 0.324 e. The third-order valence-corrected chi connectivity index (χ3v) is 6.68. The van der Waals surface area contributed by atoms with E-state index in [0.29, 0.717) is 5.69 Å². The van der Waals surface area contributed by atoms with E-state index in [9.17, 15) is 18.3 Å². The molecule has 0 heterocycles. The number of benzene rings is 3. The molecular weight excluding hydrogens is 418 g/mol. The van der Waals surface area contributed by atoms with Crippen molar-refractivity contribution in [3.8, 4) is 0 Å². The summed E-state index contributed by atoms with van der Waals surface area (Å²) in [5, 5.41) is 10.9. The van der Waals surface area contributed by atoms with Crippen molar-refractivity contribution < 1.29 is 18.3 Å². The average molecular weight is 434 g/mol. The highest BCUT2D eigenvalue weighted by Crippen LogP contribution is 2.29. The number of sulfonamides is 1. The predicted molar refractivity (Wildman–Crippen MR) is 105 cm³/mol. The highest BCUT2D eigenvalue weighted by Gasteiger charge is 2.27. The zero-order valence-corrected chi connectivity index (χ0v) is 16.3. The molecule has 0 unspecified atom stereocenters. The van der Waals surface area contributed by atoms with Gasteiger partial charge in [-0.25, -0.2) is 8.42 Å². The first kappa shape index (κ1) is 18.4. The summed E-state index contributed by atoms with van der Waals surface area (Å²) in [6, 6.07) is 17.1. The number of carboxylic acid groups (broad SMARTS) is 1. The molecule has 0 spiro atoms. The molecule has 0 aliphatic carbocycles. The molecule has 134 valence electrons. The summed E-state index contributed by atoms with van der Waals surface area (Å²) in [5.41, 5.74) is 1.12. The summed E-state index contributed by atoms with van der Waals surface area (Å²) in [6.07, 6.45) is 0. The summed E-state index contributed by atoms with van der Waals surface area (Å²) < 4.78 is 28.1. The first-order chi connectivity index (χ1) is 12.3. The lowest BCUT2D eigenvalue weighted by molar-refractivity contribution is -0.135. The Labute approximate surface area is 160 Å². The number of anilines is 1. The van der Waals surface area contributed by atoms with Gasteiger partial charge in [0.05, 0.1) is 10.6 Å². The fraction of sp³-hybridized carbons (Fsp3) is 0.105. The molecule has 26 heavy (non-hydrogen) atoms. The standard InChI is InChI=1S/C19H16BrNO4S/c1-13-10-16(7-9-18(13)20)21(12-19(22)23)26(24,25)17-8-6-14-4-2-3-5-15(14)11-17/h2-11H,12H2,1H3,(H,22,23). The van der Waals surface area contributed by atoms with Crippen LogP contribution in [0, 0.1) is 6.92 Å². The molecular formula is C19H16BrNO4S. The number of carbonyl (C=O) groups is 1. The molecule has 0 radical (unpaired) electrons. The molecule has 0 fully saturated rings. The molecule has 3 rings (SSSR count). The van der Waals surface area contributed by atoms with E-state index < -0.39 is 22.5 Å². The fourth-order valence-corrected chi connectivity index (χ4v) is 4.37. The minimum atomic E-state index is -4.03. The molecule has 1 N–H and O–H groups in total. The molecule has 0 amide bonds. The van der Waals surface area contributed by atoms with Gasteiger partial charge in [0.25, 0.3) is 10.0 Å². The van der Waals surface area contributed by atoms with Crippen molar-refractivity contribution in [1.82, 2.24) is 0 Å². The maximum absolute atomic E-state index is 13.2. The molecule has 0 atom stereocenters. The number of hydrogen-bond donors (Lipinski definition) is 1. The van der Waals surface area contributed by atoms with Gasteiger partial charge in [0.1, 0.15) is 6.54 Å². The van der Waals surface area contributed by atoms with Crippen molar-refractivity contribution in [2.75, 3.05) is 10.8 Å². The van der Waals surface area contributed by atoms with Crippen LogP contribution in [0.15, 0.2) is 70.0 Å². The summed E-state index contributed by atoms with van der Waals surface area (Å²) in [5.74, 6) is -1.23. The largest absolute Gasteiger partial charge is 0.480 e. The predicted octanol–water partition coefficient (Wildman–Crippen LogP) is 4.19. The molecule has 5 nitrogen and oxygen atoms in total. The number of hydrogen-bond acceptors (Lipinski definition) is 3. The number of rotatable bonds is 5. The summed E-state index contributed by atoms with van der Waals surface area (Å²) >= 11 is 3.37.